The first-order chi connectivity index (χ1) is 14.1. The number of fused-ring (bicyclic) bond motifs is 5. The minimum atomic E-state index is -0.732. The lowest BCUT2D eigenvalue weighted by atomic mass is 9.43. The zero-order valence-electron chi connectivity index (χ0n) is 19.3. The summed E-state index contributed by atoms with van der Waals surface area (Å²) in [4.78, 5) is 11.1. The van der Waals surface area contributed by atoms with Crippen molar-refractivity contribution in [1.29, 1.82) is 0 Å². The average Bonchev–Trinajstić information content (AvgIpc) is 3.05. The van der Waals surface area contributed by atoms with Gasteiger partial charge in [0.2, 0.25) is 0 Å². The number of carboxylic acids is 1. The van der Waals surface area contributed by atoms with Crippen LogP contribution in [0.1, 0.15) is 78.6 Å². The van der Waals surface area contributed by atoms with Gasteiger partial charge in [0.25, 0.3) is 0 Å². The van der Waals surface area contributed by atoms with Crippen LogP contribution in [-0.2, 0) is 4.79 Å². The maximum absolute atomic E-state index is 11.6. The molecule has 3 unspecified atom stereocenters. The van der Waals surface area contributed by atoms with E-state index in [4.69, 9.17) is 5.11 Å². The molecule has 4 rings (SSSR count). The molecule has 0 aromatic heterocycles. The Hall–Kier alpha value is -0.650. The topological polar surface area (TPSA) is 89.8 Å². The van der Waals surface area contributed by atoms with Crippen LogP contribution in [0.25, 0.3) is 0 Å². The van der Waals surface area contributed by atoms with Crippen molar-refractivity contribution in [3.05, 3.63) is 0 Å². The fraction of sp³-hybridized carbons (Fsp3) is 0.960. The molecular weight excluding hydrogens is 378 g/mol. The number of hydrogen-bond acceptors (Lipinski definition) is 4. The van der Waals surface area contributed by atoms with E-state index in [2.05, 4.69) is 33.1 Å². The molecule has 5 nitrogen and oxygen atoms in total. The summed E-state index contributed by atoms with van der Waals surface area (Å²) in [6, 6.07) is 0.552. The predicted molar refractivity (Wildman–Crippen MR) is 117 cm³/mol. The highest BCUT2D eigenvalue weighted by molar-refractivity contribution is 5.66. The molecule has 30 heavy (non-hydrogen) atoms. The second-order valence-corrected chi connectivity index (χ2v) is 11.8. The molecule has 0 bridgehead atoms. The molecule has 0 aliphatic heterocycles. The van der Waals surface area contributed by atoms with Crippen molar-refractivity contribution >= 4 is 5.97 Å². The summed E-state index contributed by atoms with van der Waals surface area (Å²) in [6.45, 7) is 6.88. The number of carbonyl (C=O) groups is 1. The second kappa shape index (κ2) is 8.04. The molecule has 0 radical (unpaired) electrons. The van der Waals surface area contributed by atoms with Crippen molar-refractivity contribution in [2.75, 3.05) is 7.05 Å². The Labute approximate surface area is 182 Å². The molecule has 11 atom stereocenters. The molecule has 0 spiro atoms. The second-order valence-electron chi connectivity index (χ2n) is 11.8. The first-order valence-corrected chi connectivity index (χ1v) is 12.4. The first kappa shape index (κ1) is 22.5. The van der Waals surface area contributed by atoms with Gasteiger partial charge in [-0.15, -0.1) is 0 Å². The maximum atomic E-state index is 11.6. The van der Waals surface area contributed by atoms with Crippen molar-refractivity contribution in [2.24, 2.45) is 46.3 Å². The van der Waals surface area contributed by atoms with Crippen molar-refractivity contribution in [3.8, 4) is 0 Å². The molecule has 4 fully saturated rings. The first-order valence-electron chi connectivity index (χ1n) is 12.4. The number of hydrogen-bond donors (Lipinski definition) is 4. The lowest BCUT2D eigenvalue weighted by molar-refractivity contribution is -0.202. The minimum Gasteiger partial charge on any atom is -0.481 e. The van der Waals surface area contributed by atoms with Crippen LogP contribution in [-0.4, -0.2) is 46.6 Å². The van der Waals surface area contributed by atoms with Crippen LogP contribution in [0.15, 0.2) is 0 Å². The molecule has 0 aromatic rings. The van der Waals surface area contributed by atoms with E-state index >= 15 is 0 Å². The number of aliphatic hydroxyl groups excluding tert-OH is 2. The molecule has 4 saturated carbocycles. The molecule has 0 saturated heterocycles. The molecular formula is C25H43NO4. The van der Waals surface area contributed by atoms with Crippen molar-refractivity contribution in [1.82, 2.24) is 5.32 Å². The molecule has 0 aromatic carbocycles. The highest BCUT2D eigenvalue weighted by Crippen LogP contribution is 2.68. The summed E-state index contributed by atoms with van der Waals surface area (Å²) in [7, 11) is 2.05. The van der Waals surface area contributed by atoms with Crippen molar-refractivity contribution < 1.29 is 20.1 Å². The van der Waals surface area contributed by atoms with Gasteiger partial charge in [-0.3, -0.25) is 4.79 Å². The van der Waals surface area contributed by atoms with E-state index in [1.807, 2.05) is 0 Å². The molecule has 0 amide bonds. The average molecular weight is 422 g/mol. The third-order valence-corrected chi connectivity index (χ3v) is 10.8. The van der Waals surface area contributed by atoms with Gasteiger partial charge in [0, 0.05) is 12.5 Å². The largest absolute Gasteiger partial charge is 0.481 e. The molecule has 4 aliphatic rings. The van der Waals surface area contributed by atoms with Gasteiger partial charge in [-0.25, -0.2) is 0 Å². The molecule has 5 heteroatoms. The molecule has 4 N–H and O–H groups in total. The smallest absolute Gasteiger partial charge is 0.303 e. The number of aliphatic hydroxyl groups is 2. The highest BCUT2D eigenvalue weighted by Gasteiger charge is 2.65. The Morgan fingerprint density at radius 2 is 1.83 bits per heavy atom. The van der Waals surface area contributed by atoms with Crippen LogP contribution in [0.5, 0.6) is 0 Å². The summed E-state index contributed by atoms with van der Waals surface area (Å²) in [5.74, 6) is 1.45. The normalized spacial score (nSPS) is 51.5. The summed E-state index contributed by atoms with van der Waals surface area (Å²) in [5.41, 5.74) is 0.0119. The third kappa shape index (κ3) is 3.34. The monoisotopic (exact) mass is 421 g/mol. The Kier molecular flexibility index (Phi) is 6.04. The Morgan fingerprint density at radius 1 is 1.10 bits per heavy atom. The van der Waals surface area contributed by atoms with E-state index in [0.717, 1.165) is 32.1 Å². The van der Waals surface area contributed by atoms with Gasteiger partial charge in [-0.05, 0) is 105 Å². The SMILES string of the molecule is CNC1CC[C@@]2(C)[C@@H](C1)CC(O)[C@@H]1[C@@H]2CC(O)[C@]2(C)[C@@H]([C@H](C)CCC(=O)O)CC[C@@H]12. The Bertz CT molecular complexity index is 655. The lowest BCUT2D eigenvalue weighted by Crippen LogP contribution is -2.62. The Morgan fingerprint density at radius 3 is 2.50 bits per heavy atom. The summed E-state index contributed by atoms with van der Waals surface area (Å²) < 4.78 is 0. The lowest BCUT2D eigenvalue weighted by Gasteiger charge is -2.63. The fourth-order valence-corrected chi connectivity index (χ4v) is 8.97. The summed E-state index contributed by atoms with van der Waals surface area (Å²) >= 11 is 0. The van der Waals surface area contributed by atoms with Crippen LogP contribution >= 0.6 is 0 Å². The summed E-state index contributed by atoms with van der Waals surface area (Å²) in [5, 5.41) is 35.5. The van der Waals surface area contributed by atoms with E-state index in [9.17, 15) is 15.0 Å². The number of carboxylic acid groups (broad SMARTS) is 1. The van der Waals surface area contributed by atoms with Crippen molar-refractivity contribution in [2.45, 2.75) is 96.8 Å². The zero-order chi connectivity index (χ0) is 21.8. The van der Waals surface area contributed by atoms with Crippen LogP contribution in [0.4, 0.5) is 0 Å². The van der Waals surface area contributed by atoms with E-state index in [-0.39, 0.29) is 41.3 Å². The van der Waals surface area contributed by atoms with Crippen LogP contribution in [0.2, 0.25) is 0 Å². The highest BCUT2D eigenvalue weighted by atomic mass is 16.4. The van der Waals surface area contributed by atoms with E-state index in [1.165, 1.54) is 12.8 Å². The van der Waals surface area contributed by atoms with Gasteiger partial charge >= 0.3 is 5.97 Å². The Balaban J connectivity index is 1.59. The standard InChI is InChI=1S/C25H43NO4/c1-14(5-8-22(29)30)17-6-7-18-23-19(13-21(28)25(17,18)3)24(2)10-9-16(26-4)11-15(24)12-20(23)27/h14-21,23,26-28H,5-13H2,1-4H3,(H,29,30)/t14-,15+,16?,17-,18+,19+,20?,21?,23+,24+,25-/m1/s1. The molecule has 4 aliphatic carbocycles. The quantitative estimate of drug-likeness (QED) is 0.544. The van der Waals surface area contributed by atoms with Gasteiger partial charge in [0.1, 0.15) is 0 Å². The number of aliphatic carboxylic acids is 1. The van der Waals surface area contributed by atoms with E-state index in [1.54, 1.807) is 0 Å². The number of nitrogens with one attached hydrogen (secondary N) is 1. The van der Waals surface area contributed by atoms with Crippen LogP contribution in [0, 0.1) is 46.3 Å². The number of rotatable bonds is 5. The van der Waals surface area contributed by atoms with E-state index in [0.29, 0.717) is 36.1 Å². The van der Waals surface area contributed by atoms with Gasteiger partial charge in [-0.1, -0.05) is 20.8 Å². The van der Waals surface area contributed by atoms with Crippen molar-refractivity contribution in [3.63, 3.8) is 0 Å². The predicted octanol–water partition coefficient (Wildman–Crippen LogP) is 3.68. The van der Waals surface area contributed by atoms with Gasteiger partial charge in [0.05, 0.1) is 12.2 Å². The van der Waals surface area contributed by atoms with Crippen LogP contribution in [0.3, 0.4) is 0 Å². The minimum absolute atomic E-state index is 0.203. The zero-order valence-corrected chi connectivity index (χ0v) is 19.3. The fourth-order valence-electron chi connectivity index (χ4n) is 8.97. The maximum Gasteiger partial charge on any atom is 0.303 e. The third-order valence-electron chi connectivity index (χ3n) is 10.8. The van der Waals surface area contributed by atoms with E-state index < -0.39 is 5.97 Å². The summed E-state index contributed by atoms with van der Waals surface area (Å²) in [6.07, 6.45) is 7.59. The van der Waals surface area contributed by atoms with Crippen LogP contribution < -0.4 is 5.32 Å². The van der Waals surface area contributed by atoms with Gasteiger partial charge < -0.3 is 20.6 Å². The van der Waals surface area contributed by atoms with Gasteiger partial charge in [0.15, 0.2) is 0 Å². The van der Waals surface area contributed by atoms with Gasteiger partial charge in [-0.2, -0.15) is 0 Å². The molecule has 172 valence electrons. The molecule has 0 heterocycles.